The second-order valence-electron chi connectivity index (χ2n) is 8.31. The van der Waals surface area contributed by atoms with E-state index in [1.807, 2.05) is 65.6 Å². The summed E-state index contributed by atoms with van der Waals surface area (Å²) in [5, 5.41) is 0. The zero-order valence-electron chi connectivity index (χ0n) is 18.7. The number of ether oxygens (including phenoxy) is 2. The van der Waals surface area contributed by atoms with Gasteiger partial charge in [-0.05, 0) is 5.56 Å². The van der Waals surface area contributed by atoms with Crippen LogP contribution in [0.25, 0.3) is 11.4 Å². The van der Waals surface area contributed by atoms with Gasteiger partial charge in [0.2, 0.25) is 5.91 Å². The first-order valence-electron chi connectivity index (χ1n) is 11.5. The van der Waals surface area contributed by atoms with E-state index in [1.54, 1.807) is 0 Å². The number of carbonyl (C=O) groups is 1. The molecule has 1 saturated heterocycles. The van der Waals surface area contributed by atoms with E-state index in [4.69, 9.17) is 19.4 Å². The predicted octanol–water partition coefficient (Wildman–Crippen LogP) is 3.08. The Hall–Kier alpha value is -3.29. The lowest BCUT2D eigenvalue weighted by atomic mass is 10.0. The van der Waals surface area contributed by atoms with Gasteiger partial charge in [-0.1, -0.05) is 60.7 Å². The first-order valence-corrected chi connectivity index (χ1v) is 11.5. The van der Waals surface area contributed by atoms with Crippen LogP contribution in [0.4, 0.5) is 5.82 Å². The van der Waals surface area contributed by atoms with Gasteiger partial charge in [-0.2, -0.15) is 0 Å². The average Bonchev–Trinajstić information content (AvgIpc) is 2.89. The lowest BCUT2D eigenvalue weighted by molar-refractivity contribution is -0.137. The van der Waals surface area contributed by atoms with Crippen LogP contribution in [0.2, 0.25) is 0 Å². The highest BCUT2D eigenvalue weighted by molar-refractivity contribution is 5.78. The molecule has 7 nitrogen and oxygen atoms in total. The Kier molecular flexibility index (Phi) is 6.60. The van der Waals surface area contributed by atoms with Crippen molar-refractivity contribution in [2.75, 3.05) is 44.4 Å². The number of nitrogens with zero attached hydrogens (tertiary/aromatic N) is 4. The Morgan fingerprint density at radius 3 is 2.42 bits per heavy atom. The summed E-state index contributed by atoms with van der Waals surface area (Å²) in [6.45, 7) is 4.56. The standard InChI is InChI=1S/C26H28N4O3/c31-24(19-33-18-20-7-3-1-4-8-20)30-12-11-23-22(17-30)26(29-13-15-32-16-14-29)28-25(27-23)21-9-5-2-6-10-21/h1-10H,11-19H2. The first kappa shape index (κ1) is 21.6. The molecule has 0 atom stereocenters. The molecule has 5 rings (SSSR count). The van der Waals surface area contributed by atoms with Crippen molar-refractivity contribution in [2.45, 2.75) is 19.6 Å². The summed E-state index contributed by atoms with van der Waals surface area (Å²) in [4.78, 5) is 26.9. The molecule has 170 valence electrons. The van der Waals surface area contributed by atoms with Crippen molar-refractivity contribution < 1.29 is 14.3 Å². The van der Waals surface area contributed by atoms with Gasteiger partial charge in [0, 0.05) is 37.2 Å². The molecule has 0 bridgehead atoms. The number of anilines is 1. The molecule has 1 amide bonds. The Labute approximate surface area is 194 Å². The van der Waals surface area contributed by atoms with E-state index < -0.39 is 0 Å². The monoisotopic (exact) mass is 444 g/mol. The van der Waals surface area contributed by atoms with Crippen molar-refractivity contribution in [3.63, 3.8) is 0 Å². The van der Waals surface area contributed by atoms with Crippen LogP contribution in [0.1, 0.15) is 16.8 Å². The van der Waals surface area contributed by atoms with Crippen molar-refractivity contribution in [1.82, 2.24) is 14.9 Å². The van der Waals surface area contributed by atoms with Gasteiger partial charge in [0.15, 0.2) is 5.82 Å². The van der Waals surface area contributed by atoms with Crippen molar-refractivity contribution in [2.24, 2.45) is 0 Å². The summed E-state index contributed by atoms with van der Waals surface area (Å²) in [6.07, 6.45) is 0.708. The minimum atomic E-state index is -0.00311. The Balaban J connectivity index is 1.35. The van der Waals surface area contributed by atoms with Gasteiger partial charge in [-0.3, -0.25) is 4.79 Å². The molecule has 7 heteroatoms. The molecule has 1 aromatic heterocycles. The van der Waals surface area contributed by atoms with Crippen molar-refractivity contribution in [1.29, 1.82) is 0 Å². The molecule has 33 heavy (non-hydrogen) atoms. The number of carbonyl (C=O) groups excluding carboxylic acids is 1. The van der Waals surface area contributed by atoms with Gasteiger partial charge in [0.25, 0.3) is 0 Å². The SMILES string of the molecule is O=C(COCc1ccccc1)N1CCc2nc(-c3ccccc3)nc(N3CCOCC3)c2C1. The molecule has 2 aliphatic heterocycles. The number of hydrogen-bond acceptors (Lipinski definition) is 6. The highest BCUT2D eigenvalue weighted by Gasteiger charge is 2.28. The van der Waals surface area contributed by atoms with Gasteiger partial charge in [-0.25, -0.2) is 9.97 Å². The zero-order valence-corrected chi connectivity index (χ0v) is 18.7. The smallest absolute Gasteiger partial charge is 0.248 e. The molecular weight excluding hydrogens is 416 g/mol. The summed E-state index contributed by atoms with van der Waals surface area (Å²) in [5.41, 5.74) is 4.13. The van der Waals surface area contributed by atoms with E-state index >= 15 is 0 Å². The van der Waals surface area contributed by atoms with Gasteiger partial charge in [-0.15, -0.1) is 0 Å². The fraction of sp³-hybridized carbons (Fsp3) is 0.346. The average molecular weight is 445 g/mol. The van der Waals surface area contributed by atoms with Gasteiger partial charge < -0.3 is 19.3 Å². The van der Waals surface area contributed by atoms with Crippen LogP contribution in [-0.4, -0.2) is 60.2 Å². The van der Waals surface area contributed by atoms with E-state index in [0.717, 1.165) is 47.1 Å². The molecule has 2 aliphatic rings. The topological polar surface area (TPSA) is 67.8 Å². The van der Waals surface area contributed by atoms with Crippen molar-refractivity contribution in [3.05, 3.63) is 77.5 Å². The number of rotatable bonds is 6. The summed E-state index contributed by atoms with van der Waals surface area (Å²) < 4.78 is 11.3. The maximum Gasteiger partial charge on any atom is 0.248 e. The highest BCUT2D eigenvalue weighted by Crippen LogP contribution is 2.30. The molecule has 3 aromatic rings. The normalized spacial score (nSPS) is 15.9. The van der Waals surface area contributed by atoms with E-state index in [1.165, 1.54) is 0 Å². The summed E-state index contributed by atoms with van der Waals surface area (Å²) in [7, 11) is 0. The number of fused-ring (bicyclic) bond motifs is 1. The Morgan fingerprint density at radius 2 is 1.67 bits per heavy atom. The van der Waals surface area contributed by atoms with Gasteiger partial charge >= 0.3 is 0 Å². The number of amides is 1. The zero-order chi connectivity index (χ0) is 22.5. The third-order valence-electron chi connectivity index (χ3n) is 6.07. The molecule has 0 N–H and O–H groups in total. The molecule has 0 radical (unpaired) electrons. The first-order chi connectivity index (χ1) is 16.3. The van der Waals surface area contributed by atoms with Crippen LogP contribution in [0.5, 0.6) is 0 Å². The van der Waals surface area contributed by atoms with E-state index in [9.17, 15) is 4.79 Å². The van der Waals surface area contributed by atoms with Crippen molar-refractivity contribution >= 4 is 11.7 Å². The number of benzene rings is 2. The minimum Gasteiger partial charge on any atom is -0.378 e. The van der Waals surface area contributed by atoms with Crippen LogP contribution in [-0.2, 0) is 33.8 Å². The van der Waals surface area contributed by atoms with E-state index in [-0.39, 0.29) is 12.5 Å². The van der Waals surface area contributed by atoms with Gasteiger partial charge in [0.1, 0.15) is 12.4 Å². The third kappa shape index (κ3) is 5.05. The lowest BCUT2D eigenvalue weighted by Crippen LogP contribution is -2.42. The van der Waals surface area contributed by atoms with Crippen LogP contribution in [0.3, 0.4) is 0 Å². The molecule has 0 saturated carbocycles. The second kappa shape index (κ2) is 10.1. The Morgan fingerprint density at radius 1 is 0.939 bits per heavy atom. The van der Waals surface area contributed by atoms with Crippen LogP contribution in [0.15, 0.2) is 60.7 Å². The lowest BCUT2D eigenvalue weighted by Gasteiger charge is -2.34. The maximum absolute atomic E-state index is 12.9. The number of morpholine rings is 1. The van der Waals surface area contributed by atoms with Crippen LogP contribution < -0.4 is 4.90 Å². The minimum absolute atomic E-state index is 0.00311. The van der Waals surface area contributed by atoms with Crippen LogP contribution >= 0.6 is 0 Å². The third-order valence-corrected chi connectivity index (χ3v) is 6.07. The second-order valence-corrected chi connectivity index (χ2v) is 8.31. The van der Waals surface area contributed by atoms with Crippen LogP contribution in [0, 0.1) is 0 Å². The molecule has 0 aliphatic carbocycles. The molecular formula is C26H28N4O3. The predicted molar refractivity (Wildman–Crippen MR) is 126 cm³/mol. The molecule has 2 aromatic carbocycles. The van der Waals surface area contributed by atoms with E-state index in [0.29, 0.717) is 39.3 Å². The summed E-state index contributed by atoms with van der Waals surface area (Å²) >= 11 is 0. The molecule has 3 heterocycles. The number of aromatic nitrogens is 2. The highest BCUT2D eigenvalue weighted by atomic mass is 16.5. The van der Waals surface area contributed by atoms with E-state index in [2.05, 4.69) is 4.90 Å². The number of hydrogen-bond donors (Lipinski definition) is 0. The summed E-state index contributed by atoms with van der Waals surface area (Å²) in [5.74, 6) is 1.66. The van der Waals surface area contributed by atoms with Gasteiger partial charge in [0.05, 0.1) is 32.1 Å². The maximum atomic E-state index is 12.9. The molecule has 0 spiro atoms. The fourth-order valence-electron chi connectivity index (χ4n) is 4.28. The largest absolute Gasteiger partial charge is 0.378 e. The quantitative estimate of drug-likeness (QED) is 0.582. The Bertz CT molecular complexity index is 1090. The fourth-order valence-corrected chi connectivity index (χ4v) is 4.28. The summed E-state index contributed by atoms with van der Waals surface area (Å²) in [6, 6.07) is 20.0. The molecule has 0 unspecified atom stereocenters. The molecule has 1 fully saturated rings. The van der Waals surface area contributed by atoms with Crippen molar-refractivity contribution in [3.8, 4) is 11.4 Å².